The van der Waals surface area contributed by atoms with E-state index in [2.05, 4.69) is 64.2 Å². The van der Waals surface area contributed by atoms with Crippen LogP contribution in [0, 0.1) is 11.8 Å². The van der Waals surface area contributed by atoms with Crippen molar-refractivity contribution < 1.29 is 5.11 Å². The van der Waals surface area contributed by atoms with Crippen LogP contribution >= 0.6 is 0 Å². The van der Waals surface area contributed by atoms with Gasteiger partial charge >= 0.3 is 0 Å². The molecule has 2 unspecified atom stereocenters. The highest BCUT2D eigenvalue weighted by molar-refractivity contribution is 5.25. The van der Waals surface area contributed by atoms with Gasteiger partial charge in [-0.1, -0.05) is 58.9 Å². The monoisotopic (exact) mass is 277 g/mol. The summed E-state index contributed by atoms with van der Waals surface area (Å²) in [5.41, 5.74) is 2.33. The third-order valence-corrected chi connectivity index (χ3v) is 3.89. The maximum Gasteiger partial charge on any atom is 0.0945 e. The molecule has 1 aromatic carbocycles. The number of hydrogen-bond donors (Lipinski definition) is 2. The van der Waals surface area contributed by atoms with Gasteiger partial charge in [-0.3, -0.25) is 0 Å². The quantitative estimate of drug-likeness (QED) is 0.754. The average molecular weight is 277 g/mol. The van der Waals surface area contributed by atoms with Gasteiger partial charge in [0.05, 0.1) is 6.10 Å². The van der Waals surface area contributed by atoms with Crippen LogP contribution in [0.4, 0.5) is 0 Å². The van der Waals surface area contributed by atoms with Crippen LogP contribution in [-0.2, 0) is 6.42 Å². The fourth-order valence-electron chi connectivity index (χ4n) is 2.41. The molecule has 2 nitrogen and oxygen atoms in total. The van der Waals surface area contributed by atoms with Gasteiger partial charge < -0.3 is 10.4 Å². The lowest BCUT2D eigenvalue weighted by Crippen LogP contribution is -2.40. The van der Waals surface area contributed by atoms with Crippen molar-refractivity contribution in [2.45, 2.75) is 59.6 Å². The maximum absolute atomic E-state index is 10.6. The molecule has 2 heteroatoms. The van der Waals surface area contributed by atoms with Crippen molar-refractivity contribution in [3.8, 4) is 0 Å². The van der Waals surface area contributed by atoms with E-state index in [1.54, 1.807) is 0 Å². The van der Waals surface area contributed by atoms with Gasteiger partial charge in [-0.15, -0.1) is 0 Å². The van der Waals surface area contributed by atoms with Gasteiger partial charge in [-0.05, 0) is 42.3 Å². The molecule has 0 radical (unpaired) electrons. The Balaban J connectivity index is 2.69. The fraction of sp³-hybridized carbons (Fsp3) is 0.667. The molecular weight excluding hydrogens is 246 g/mol. The second-order valence-corrected chi connectivity index (χ2v) is 6.45. The Labute approximate surface area is 124 Å². The van der Waals surface area contributed by atoms with Crippen molar-refractivity contribution in [2.75, 3.05) is 6.54 Å². The Hall–Kier alpha value is -0.860. The first kappa shape index (κ1) is 17.2. The van der Waals surface area contributed by atoms with Crippen molar-refractivity contribution in [1.29, 1.82) is 0 Å². The molecule has 0 saturated carbocycles. The lowest BCUT2D eigenvalue weighted by molar-refractivity contribution is 0.104. The molecule has 0 spiro atoms. The molecule has 0 aliphatic carbocycles. The molecular formula is C18H31NO. The van der Waals surface area contributed by atoms with Crippen LogP contribution in [0.25, 0.3) is 0 Å². The van der Waals surface area contributed by atoms with Crippen LogP contribution in [0.5, 0.6) is 0 Å². The lowest BCUT2D eigenvalue weighted by Gasteiger charge is -2.28. The molecule has 1 rings (SSSR count). The summed E-state index contributed by atoms with van der Waals surface area (Å²) in [6.07, 6.45) is 1.74. The second-order valence-electron chi connectivity index (χ2n) is 6.45. The molecule has 0 aromatic heterocycles. The number of rotatable bonds is 8. The highest BCUT2D eigenvalue weighted by atomic mass is 16.3. The highest BCUT2D eigenvalue weighted by Gasteiger charge is 2.23. The number of aliphatic hydroxyl groups is 1. The van der Waals surface area contributed by atoms with Gasteiger partial charge in [-0.25, -0.2) is 0 Å². The van der Waals surface area contributed by atoms with E-state index in [1.165, 1.54) is 5.56 Å². The Morgan fingerprint density at radius 1 is 1.05 bits per heavy atom. The first-order valence-corrected chi connectivity index (χ1v) is 7.96. The Kier molecular flexibility index (Phi) is 7.25. The zero-order chi connectivity index (χ0) is 15.1. The maximum atomic E-state index is 10.6. The van der Waals surface area contributed by atoms with Gasteiger partial charge in [-0.2, -0.15) is 0 Å². The summed E-state index contributed by atoms with van der Waals surface area (Å²) in [4.78, 5) is 0. The Bertz CT molecular complexity index is 370. The molecule has 0 aliphatic heterocycles. The minimum atomic E-state index is -0.437. The van der Waals surface area contributed by atoms with E-state index >= 15 is 0 Å². The second kappa shape index (κ2) is 8.43. The van der Waals surface area contributed by atoms with E-state index < -0.39 is 6.10 Å². The van der Waals surface area contributed by atoms with Crippen LogP contribution in [0.15, 0.2) is 24.3 Å². The van der Waals surface area contributed by atoms with Crippen LogP contribution in [0.3, 0.4) is 0 Å². The van der Waals surface area contributed by atoms with Crippen molar-refractivity contribution in [1.82, 2.24) is 5.32 Å². The van der Waals surface area contributed by atoms with Crippen molar-refractivity contribution in [2.24, 2.45) is 11.8 Å². The molecule has 114 valence electrons. The van der Waals surface area contributed by atoms with E-state index in [1.807, 2.05) is 0 Å². The van der Waals surface area contributed by atoms with E-state index in [0.717, 1.165) is 24.9 Å². The highest BCUT2D eigenvalue weighted by Crippen LogP contribution is 2.22. The molecule has 0 heterocycles. The van der Waals surface area contributed by atoms with Crippen LogP contribution in [0.2, 0.25) is 0 Å². The SMILES string of the molecule is CCc1ccc(C(O)C(NCCC(C)C)C(C)C)cc1. The smallest absolute Gasteiger partial charge is 0.0945 e. The van der Waals surface area contributed by atoms with Crippen molar-refractivity contribution in [3.05, 3.63) is 35.4 Å². The number of benzene rings is 1. The molecule has 0 aliphatic rings. The summed E-state index contributed by atoms with van der Waals surface area (Å²) in [5, 5.41) is 14.1. The molecule has 0 saturated heterocycles. The molecule has 0 fully saturated rings. The number of hydrogen-bond acceptors (Lipinski definition) is 2. The topological polar surface area (TPSA) is 32.3 Å². The molecule has 2 atom stereocenters. The summed E-state index contributed by atoms with van der Waals surface area (Å²) < 4.78 is 0. The van der Waals surface area contributed by atoms with E-state index in [-0.39, 0.29) is 6.04 Å². The van der Waals surface area contributed by atoms with Crippen molar-refractivity contribution >= 4 is 0 Å². The van der Waals surface area contributed by atoms with E-state index in [4.69, 9.17) is 0 Å². The summed E-state index contributed by atoms with van der Waals surface area (Å²) in [5.74, 6) is 1.10. The zero-order valence-corrected chi connectivity index (χ0v) is 13.7. The predicted molar refractivity (Wildman–Crippen MR) is 86.9 cm³/mol. The molecule has 1 aromatic rings. The Morgan fingerprint density at radius 2 is 1.65 bits per heavy atom. The average Bonchev–Trinajstić information content (AvgIpc) is 2.42. The minimum absolute atomic E-state index is 0.112. The van der Waals surface area contributed by atoms with Crippen LogP contribution in [0.1, 0.15) is 58.3 Å². The standard InChI is InChI=1S/C18H31NO/c1-6-15-7-9-16(10-8-15)18(20)17(14(4)5)19-12-11-13(2)3/h7-10,13-14,17-20H,6,11-12H2,1-5H3. The van der Waals surface area contributed by atoms with Crippen molar-refractivity contribution in [3.63, 3.8) is 0 Å². The lowest BCUT2D eigenvalue weighted by atomic mass is 9.92. The van der Waals surface area contributed by atoms with Crippen LogP contribution in [-0.4, -0.2) is 17.7 Å². The molecule has 0 bridgehead atoms. The van der Waals surface area contributed by atoms with Gasteiger partial charge in [0.25, 0.3) is 0 Å². The van der Waals surface area contributed by atoms with Gasteiger partial charge in [0, 0.05) is 6.04 Å². The third kappa shape index (κ3) is 5.26. The number of nitrogens with one attached hydrogen (secondary N) is 1. The van der Waals surface area contributed by atoms with Gasteiger partial charge in [0.1, 0.15) is 0 Å². The summed E-state index contributed by atoms with van der Waals surface area (Å²) in [6, 6.07) is 8.46. The summed E-state index contributed by atoms with van der Waals surface area (Å²) in [6.45, 7) is 11.9. The Morgan fingerprint density at radius 3 is 2.10 bits per heavy atom. The molecule has 0 amide bonds. The fourth-order valence-corrected chi connectivity index (χ4v) is 2.41. The largest absolute Gasteiger partial charge is 0.387 e. The van der Waals surface area contributed by atoms with Gasteiger partial charge in [0.2, 0.25) is 0 Å². The minimum Gasteiger partial charge on any atom is -0.387 e. The predicted octanol–water partition coefficient (Wildman–Crippen LogP) is 3.94. The van der Waals surface area contributed by atoms with E-state index in [9.17, 15) is 5.11 Å². The first-order chi connectivity index (χ1) is 9.45. The molecule has 20 heavy (non-hydrogen) atoms. The number of aliphatic hydroxyl groups excluding tert-OH is 1. The molecule has 2 N–H and O–H groups in total. The summed E-state index contributed by atoms with van der Waals surface area (Å²) in [7, 11) is 0. The summed E-state index contributed by atoms with van der Waals surface area (Å²) >= 11 is 0. The zero-order valence-electron chi connectivity index (χ0n) is 13.7. The van der Waals surface area contributed by atoms with E-state index in [0.29, 0.717) is 11.8 Å². The first-order valence-electron chi connectivity index (χ1n) is 7.96. The third-order valence-electron chi connectivity index (χ3n) is 3.89. The van der Waals surface area contributed by atoms with Crippen LogP contribution < -0.4 is 5.32 Å². The van der Waals surface area contributed by atoms with Gasteiger partial charge in [0.15, 0.2) is 0 Å². The number of aryl methyl sites for hydroxylation is 1. The normalized spacial score (nSPS) is 14.8.